The van der Waals surface area contributed by atoms with Crippen LogP contribution in [0.2, 0.25) is 5.02 Å². The molecule has 0 saturated carbocycles. The largest absolute Gasteiger partial charge is 0.462 e. The van der Waals surface area contributed by atoms with Crippen LogP contribution < -0.4 is 16.4 Å². The van der Waals surface area contributed by atoms with Crippen molar-refractivity contribution in [3.8, 4) is 0 Å². The summed E-state index contributed by atoms with van der Waals surface area (Å²) in [6.07, 6.45) is 0. The number of nitrogens with one attached hydrogen (secondary N) is 2. The third kappa shape index (κ3) is 4.49. The van der Waals surface area contributed by atoms with Gasteiger partial charge < -0.3 is 15.8 Å². The number of hydrogen-bond donors (Lipinski definition) is 3. The minimum Gasteiger partial charge on any atom is -0.462 e. The average Bonchev–Trinajstić information content (AvgIpc) is 2.86. The van der Waals surface area contributed by atoms with E-state index in [1.54, 1.807) is 38.1 Å². The number of carbonyl (C=O) groups excluding carboxylic acids is 3. The van der Waals surface area contributed by atoms with Crippen molar-refractivity contribution in [1.29, 1.82) is 0 Å². The minimum absolute atomic E-state index is 0.118. The number of thiophene rings is 1. The Kier molecular flexibility index (Phi) is 6.00. The molecule has 1 heterocycles. The zero-order valence-electron chi connectivity index (χ0n) is 13.5. The molecule has 0 aliphatic carbocycles. The van der Waals surface area contributed by atoms with Crippen LogP contribution in [0.25, 0.3) is 0 Å². The lowest BCUT2D eigenvalue weighted by atomic mass is 10.1. The SMILES string of the molecule is CCOC(=O)c1c(NC(=O)Nc2ccc(Cl)cc2)sc(C(N)=O)c1C. The summed E-state index contributed by atoms with van der Waals surface area (Å²) in [4.78, 5) is 36.0. The van der Waals surface area contributed by atoms with Crippen molar-refractivity contribution >= 4 is 51.5 Å². The minimum atomic E-state index is -0.681. The third-order valence-corrected chi connectivity index (χ3v) is 4.65. The Morgan fingerprint density at radius 1 is 1.20 bits per heavy atom. The van der Waals surface area contributed by atoms with Gasteiger partial charge in [0.2, 0.25) is 0 Å². The Morgan fingerprint density at radius 3 is 2.40 bits per heavy atom. The van der Waals surface area contributed by atoms with Crippen molar-refractivity contribution < 1.29 is 19.1 Å². The number of anilines is 2. The molecule has 9 heteroatoms. The molecule has 0 aliphatic rings. The molecule has 2 aromatic rings. The van der Waals surface area contributed by atoms with Gasteiger partial charge in [-0.25, -0.2) is 9.59 Å². The van der Waals surface area contributed by atoms with Crippen molar-refractivity contribution in [2.24, 2.45) is 5.73 Å². The Balaban J connectivity index is 2.26. The summed E-state index contributed by atoms with van der Waals surface area (Å²) in [6.45, 7) is 3.40. The number of nitrogens with two attached hydrogens (primary N) is 1. The Labute approximate surface area is 153 Å². The average molecular weight is 382 g/mol. The summed E-state index contributed by atoms with van der Waals surface area (Å²) < 4.78 is 4.98. The van der Waals surface area contributed by atoms with Gasteiger partial charge in [-0.1, -0.05) is 11.6 Å². The first-order valence-electron chi connectivity index (χ1n) is 7.27. The van der Waals surface area contributed by atoms with E-state index in [1.807, 2.05) is 0 Å². The van der Waals surface area contributed by atoms with Crippen LogP contribution in [-0.2, 0) is 4.74 Å². The molecule has 7 nitrogen and oxygen atoms in total. The van der Waals surface area contributed by atoms with E-state index in [1.165, 1.54) is 0 Å². The van der Waals surface area contributed by atoms with Crippen LogP contribution in [0.1, 0.15) is 32.5 Å². The van der Waals surface area contributed by atoms with Gasteiger partial charge in [0, 0.05) is 10.7 Å². The van der Waals surface area contributed by atoms with Gasteiger partial charge in [-0.05, 0) is 43.7 Å². The van der Waals surface area contributed by atoms with E-state index in [2.05, 4.69) is 10.6 Å². The number of carbonyl (C=O) groups is 3. The second-order valence-corrected chi connectivity index (χ2v) is 6.39. The second kappa shape index (κ2) is 8.00. The molecule has 0 unspecified atom stereocenters. The van der Waals surface area contributed by atoms with Gasteiger partial charge in [0.05, 0.1) is 17.0 Å². The topological polar surface area (TPSA) is 111 Å². The van der Waals surface area contributed by atoms with Gasteiger partial charge in [-0.3, -0.25) is 10.1 Å². The molecule has 25 heavy (non-hydrogen) atoms. The number of benzene rings is 1. The van der Waals surface area contributed by atoms with Gasteiger partial charge in [-0.15, -0.1) is 11.3 Å². The lowest BCUT2D eigenvalue weighted by molar-refractivity contribution is 0.0527. The highest BCUT2D eigenvalue weighted by Crippen LogP contribution is 2.33. The Bertz CT molecular complexity index is 818. The molecular weight excluding hydrogens is 366 g/mol. The maximum atomic E-state index is 12.2. The van der Waals surface area contributed by atoms with Crippen LogP contribution in [0.5, 0.6) is 0 Å². The first-order valence-corrected chi connectivity index (χ1v) is 8.46. The van der Waals surface area contributed by atoms with Crippen molar-refractivity contribution in [3.63, 3.8) is 0 Å². The first-order chi connectivity index (χ1) is 11.8. The van der Waals surface area contributed by atoms with E-state index < -0.39 is 17.9 Å². The van der Waals surface area contributed by atoms with Gasteiger partial charge in [0.15, 0.2) is 0 Å². The van der Waals surface area contributed by atoms with Crippen LogP contribution >= 0.6 is 22.9 Å². The molecule has 4 N–H and O–H groups in total. The highest BCUT2D eigenvalue weighted by Gasteiger charge is 2.25. The summed E-state index contributed by atoms with van der Waals surface area (Å²) in [7, 11) is 0. The first kappa shape index (κ1) is 18.8. The van der Waals surface area contributed by atoms with E-state index in [0.29, 0.717) is 16.3 Å². The molecule has 2 rings (SSSR count). The molecule has 0 radical (unpaired) electrons. The molecule has 1 aromatic heterocycles. The summed E-state index contributed by atoms with van der Waals surface area (Å²) in [5, 5.41) is 5.89. The maximum absolute atomic E-state index is 12.2. The van der Waals surface area contributed by atoms with E-state index in [9.17, 15) is 14.4 Å². The molecule has 0 spiro atoms. The van der Waals surface area contributed by atoms with Crippen LogP contribution in [0.15, 0.2) is 24.3 Å². The highest BCUT2D eigenvalue weighted by atomic mass is 35.5. The molecule has 0 fully saturated rings. The quantitative estimate of drug-likeness (QED) is 0.686. The fraction of sp³-hybridized carbons (Fsp3) is 0.188. The number of esters is 1. The number of primary amides is 1. The van der Waals surface area contributed by atoms with Gasteiger partial charge in [0.25, 0.3) is 5.91 Å². The smallest absolute Gasteiger partial charge is 0.341 e. The molecule has 0 saturated heterocycles. The van der Waals surface area contributed by atoms with Crippen LogP contribution in [-0.4, -0.2) is 24.5 Å². The molecule has 132 valence electrons. The van der Waals surface area contributed by atoms with Gasteiger partial charge in [-0.2, -0.15) is 0 Å². The fourth-order valence-electron chi connectivity index (χ4n) is 2.08. The predicted molar refractivity (Wildman–Crippen MR) is 97.6 cm³/mol. The number of hydrogen-bond acceptors (Lipinski definition) is 5. The number of urea groups is 1. The van der Waals surface area contributed by atoms with E-state index in [-0.39, 0.29) is 22.0 Å². The van der Waals surface area contributed by atoms with E-state index in [0.717, 1.165) is 11.3 Å². The lowest BCUT2D eigenvalue weighted by Gasteiger charge is -2.08. The van der Waals surface area contributed by atoms with Crippen molar-refractivity contribution in [2.45, 2.75) is 13.8 Å². The molecule has 0 aliphatic heterocycles. The van der Waals surface area contributed by atoms with Crippen LogP contribution in [0.4, 0.5) is 15.5 Å². The van der Waals surface area contributed by atoms with Crippen LogP contribution in [0.3, 0.4) is 0 Å². The Hall–Kier alpha value is -2.58. The zero-order valence-corrected chi connectivity index (χ0v) is 15.1. The number of halogens is 1. The Morgan fingerprint density at radius 2 is 1.84 bits per heavy atom. The predicted octanol–water partition coefficient (Wildman–Crippen LogP) is 3.63. The summed E-state index contributed by atoms with van der Waals surface area (Å²) in [5.41, 5.74) is 6.33. The zero-order chi connectivity index (χ0) is 18.6. The third-order valence-electron chi connectivity index (χ3n) is 3.18. The van der Waals surface area contributed by atoms with Crippen molar-refractivity contribution in [1.82, 2.24) is 0 Å². The molecule has 3 amide bonds. The normalized spacial score (nSPS) is 10.2. The molecule has 1 aromatic carbocycles. The lowest BCUT2D eigenvalue weighted by Crippen LogP contribution is -2.20. The van der Waals surface area contributed by atoms with Crippen LogP contribution in [0, 0.1) is 6.92 Å². The number of amides is 3. The van der Waals surface area contributed by atoms with E-state index in [4.69, 9.17) is 22.1 Å². The highest BCUT2D eigenvalue weighted by molar-refractivity contribution is 7.18. The summed E-state index contributed by atoms with van der Waals surface area (Å²) in [6, 6.07) is 5.93. The van der Waals surface area contributed by atoms with Crippen molar-refractivity contribution in [3.05, 3.63) is 45.3 Å². The van der Waals surface area contributed by atoms with Gasteiger partial charge >= 0.3 is 12.0 Å². The fourth-order valence-corrected chi connectivity index (χ4v) is 3.25. The number of rotatable bonds is 5. The summed E-state index contributed by atoms with van der Waals surface area (Å²) >= 11 is 6.71. The van der Waals surface area contributed by atoms with Gasteiger partial charge in [0.1, 0.15) is 5.00 Å². The standard InChI is InChI=1S/C16H16ClN3O4S/c1-3-24-15(22)11-8(2)12(13(18)21)25-14(11)20-16(23)19-10-6-4-9(17)5-7-10/h4-7H,3H2,1-2H3,(H2,18,21)(H2,19,20,23). The maximum Gasteiger partial charge on any atom is 0.341 e. The second-order valence-electron chi connectivity index (χ2n) is 4.93. The van der Waals surface area contributed by atoms with E-state index >= 15 is 0 Å². The molecular formula is C16H16ClN3O4S. The molecule has 0 atom stereocenters. The number of ether oxygens (including phenoxy) is 1. The summed E-state index contributed by atoms with van der Waals surface area (Å²) in [5.74, 6) is -1.32. The monoisotopic (exact) mass is 381 g/mol. The van der Waals surface area contributed by atoms with Crippen molar-refractivity contribution in [2.75, 3.05) is 17.2 Å². The molecule has 0 bridgehead atoms.